The second-order valence-corrected chi connectivity index (χ2v) is 6.27. The number of nitrogens with one attached hydrogen (secondary N) is 1. The molecule has 0 bridgehead atoms. The normalized spacial score (nSPS) is 11.4. The lowest BCUT2D eigenvalue weighted by Gasteiger charge is -2.10. The summed E-state index contributed by atoms with van der Waals surface area (Å²) in [5.41, 5.74) is 0.600. The SMILES string of the molecule is CC(C)(C)c1nnc(C(=O)NCc2cncc(Br)c2)o1. The summed E-state index contributed by atoms with van der Waals surface area (Å²) in [6.07, 6.45) is 3.36. The lowest BCUT2D eigenvalue weighted by Crippen LogP contribution is -2.23. The van der Waals surface area contributed by atoms with Gasteiger partial charge in [-0.3, -0.25) is 9.78 Å². The van der Waals surface area contributed by atoms with Crippen molar-refractivity contribution in [3.63, 3.8) is 0 Å². The van der Waals surface area contributed by atoms with Gasteiger partial charge in [0.25, 0.3) is 0 Å². The first-order valence-electron chi connectivity index (χ1n) is 6.08. The molecule has 0 unspecified atom stereocenters. The molecule has 106 valence electrons. The molecule has 1 N–H and O–H groups in total. The van der Waals surface area contributed by atoms with Crippen LogP contribution in [-0.4, -0.2) is 21.1 Å². The van der Waals surface area contributed by atoms with E-state index in [1.54, 1.807) is 12.4 Å². The molecule has 0 fully saturated rings. The Bertz CT molecular complexity index is 619. The Balaban J connectivity index is 2.00. The van der Waals surface area contributed by atoms with Crippen LogP contribution in [0.25, 0.3) is 0 Å². The van der Waals surface area contributed by atoms with Crippen LogP contribution in [0.15, 0.2) is 27.3 Å². The summed E-state index contributed by atoms with van der Waals surface area (Å²) < 4.78 is 6.22. The molecule has 1 amide bonds. The highest BCUT2D eigenvalue weighted by Gasteiger charge is 2.23. The van der Waals surface area contributed by atoms with Crippen LogP contribution in [0.3, 0.4) is 0 Å². The van der Waals surface area contributed by atoms with E-state index in [1.165, 1.54) is 0 Å². The van der Waals surface area contributed by atoms with E-state index in [2.05, 4.69) is 36.4 Å². The maximum absolute atomic E-state index is 11.9. The summed E-state index contributed by atoms with van der Waals surface area (Å²) in [4.78, 5) is 15.9. The number of hydrogen-bond donors (Lipinski definition) is 1. The highest BCUT2D eigenvalue weighted by Crippen LogP contribution is 2.20. The third-order valence-electron chi connectivity index (χ3n) is 2.48. The van der Waals surface area contributed by atoms with Crippen molar-refractivity contribution in [3.05, 3.63) is 40.3 Å². The second kappa shape index (κ2) is 5.70. The Kier molecular flexibility index (Phi) is 4.17. The highest BCUT2D eigenvalue weighted by molar-refractivity contribution is 9.10. The predicted octanol–water partition coefficient (Wildman–Crippen LogP) is 2.45. The molecule has 0 aliphatic heterocycles. The Labute approximate surface area is 125 Å². The van der Waals surface area contributed by atoms with Gasteiger partial charge in [0.1, 0.15) is 0 Å². The average molecular weight is 339 g/mol. The Morgan fingerprint density at radius 2 is 2.10 bits per heavy atom. The highest BCUT2D eigenvalue weighted by atomic mass is 79.9. The molecule has 2 aromatic heterocycles. The number of nitrogens with zero attached hydrogens (tertiary/aromatic N) is 3. The van der Waals surface area contributed by atoms with Crippen molar-refractivity contribution in [2.24, 2.45) is 0 Å². The van der Waals surface area contributed by atoms with Crippen LogP contribution in [0.5, 0.6) is 0 Å². The smallest absolute Gasteiger partial charge is 0.309 e. The minimum atomic E-state index is -0.395. The molecule has 0 atom stereocenters. The Hall–Kier alpha value is -1.76. The maximum Gasteiger partial charge on any atom is 0.309 e. The van der Waals surface area contributed by atoms with Gasteiger partial charge in [0.15, 0.2) is 0 Å². The van der Waals surface area contributed by atoms with Gasteiger partial charge in [-0.05, 0) is 27.6 Å². The lowest BCUT2D eigenvalue weighted by molar-refractivity contribution is 0.0912. The fraction of sp³-hybridized carbons (Fsp3) is 0.385. The van der Waals surface area contributed by atoms with Gasteiger partial charge in [0.2, 0.25) is 5.89 Å². The minimum absolute atomic E-state index is 0.0297. The van der Waals surface area contributed by atoms with Gasteiger partial charge < -0.3 is 9.73 Å². The van der Waals surface area contributed by atoms with Crippen LogP contribution >= 0.6 is 15.9 Å². The van der Waals surface area contributed by atoms with Crippen molar-refractivity contribution >= 4 is 21.8 Å². The molecule has 2 aromatic rings. The first kappa shape index (κ1) is 14.6. The van der Waals surface area contributed by atoms with Crippen molar-refractivity contribution in [3.8, 4) is 0 Å². The number of carbonyl (C=O) groups excluding carboxylic acids is 1. The molecule has 6 nitrogen and oxygen atoms in total. The topological polar surface area (TPSA) is 80.9 Å². The van der Waals surface area contributed by atoms with Crippen LogP contribution in [-0.2, 0) is 12.0 Å². The molecule has 2 heterocycles. The molecule has 0 saturated carbocycles. The van der Waals surface area contributed by atoms with E-state index in [0.29, 0.717) is 12.4 Å². The monoisotopic (exact) mass is 338 g/mol. The number of rotatable bonds is 3. The number of aromatic nitrogens is 3. The van der Waals surface area contributed by atoms with Gasteiger partial charge in [-0.2, -0.15) is 0 Å². The number of halogens is 1. The molecule has 0 radical (unpaired) electrons. The maximum atomic E-state index is 11.9. The first-order valence-corrected chi connectivity index (χ1v) is 6.87. The van der Waals surface area contributed by atoms with E-state index in [1.807, 2.05) is 26.8 Å². The largest absolute Gasteiger partial charge is 0.416 e. The van der Waals surface area contributed by atoms with Crippen molar-refractivity contribution in [2.45, 2.75) is 32.7 Å². The zero-order valence-corrected chi connectivity index (χ0v) is 13.1. The third kappa shape index (κ3) is 3.63. The van der Waals surface area contributed by atoms with Crippen LogP contribution in [0, 0.1) is 0 Å². The zero-order valence-electron chi connectivity index (χ0n) is 11.5. The number of hydrogen-bond acceptors (Lipinski definition) is 5. The van der Waals surface area contributed by atoms with Gasteiger partial charge in [-0.25, -0.2) is 0 Å². The fourth-order valence-corrected chi connectivity index (χ4v) is 1.84. The van der Waals surface area contributed by atoms with Gasteiger partial charge in [-0.1, -0.05) is 20.8 Å². The molecular weight excluding hydrogens is 324 g/mol. The standard InChI is InChI=1S/C13H15BrN4O2/c1-13(2,3)12-18-17-11(20-12)10(19)16-6-8-4-9(14)7-15-5-8/h4-5,7H,6H2,1-3H3,(H,16,19). The zero-order chi connectivity index (χ0) is 14.8. The molecular formula is C13H15BrN4O2. The molecule has 2 rings (SSSR count). The molecule has 0 aliphatic carbocycles. The van der Waals surface area contributed by atoms with Crippen molar-refractivity contribution in [1.29, 1.82) is 0 Å². The molecule has 7 heteroatoms. The van der Waals surface area contributed by atoms with Crippen LogP contribution in [0.1, 0.15) is 42.9 Å². The van der Waals surface area contributed by atoms with E-state index in [-0.39, 0.29) is 11.3 Å². The first-order chi connectivity index (χ1) is 9.36. The van der Waals surface area contributed by atoms with E-state index in [4.69, 9.17) is 4.42 Å². The number of amides is 1. The quantitative estimate of drug-likeness (QED) is 0.929. The lowest BCUT2D eigenvalue weighted by atomic mass is 9.97. The Morgan fingerprint density at radius 3 is 2.70 bits per heavy atom. The molecule has 0 saturated heterocycles. The van der Waals surface area contributed by atoms with Crippen molar-refractivity contribution < 1.29 is 9.21 Å². The van der Waals surface area contributed by atoms with Crippen LogP contribution in [0.4, 0.5) is 0 Å². The van der Waals surface area contributed by atoms with Crippen LogP contribution < -0.4 is 5.32 Å². The van der Waals surface area contributed by atoms with E-state index in [9.17, 15) is 4.79 Å². The fourth-order valence-electron chi connectivity index (χ4n) is 1.43. The minimum Gasteiger partial charge on any atom is -0.416 e. The third-order valence-corrected chi connectivity index (χ3v) is 2.91. The van der Waals surface area contributed by atoms with Gasteiger partial charge >= 0.3 is 11.8 Å². The van der Waals surface area contributed by atoms with Gasteiger partial charge in [0, 0.05) is 28.8 Å². The summed E-state index contributed by atoms with van der Waals surface area (Å²) in [5, 5.41) is 10.4. The van der Waals surface area contributed by atoms with Crippen molar-refractivity contribution in [2.75, 3.05) is 0 Å². The van der Waals surface area contributed by atoms with Crippen molar-refractivity contribution in [1.82, 2.24) is 20.5 Å². The van der Waals surface area contributed by atoms with Crippen LogP contribution in [0.2, 0.25) is 0 Å². The summed E-state index contributed by atoms with van der Waals surface area (Å²) >= 11 is 3.32. The summed E-state index contributed by atoms with van der Waals surface area (Å²) in [6, 6.07) is 1.88. The van der Waals surface area contributed by atoms with E-state index in [0.717, 1.165) is 10.0 Å². The number of pyridine rings is 1. The van der Waals surface area contributed by atoms with Gasteiger partial charge in [-0.15, -0.1) is 10.2 Å². The summed E-state index contributed by atoms with van der Waals surface area (Å²) in [6.45, 7) is 6.17. The second-order valence-electron chi connectivity index (χ2n) is 5.36. The number of carbonyl (C=O) groups is 1. The van der Waals surface area contributed by atoms with E-state index >= 15 is 0 Å². The summed E-state index contributed by atoms with van der Waals surface area (Å²) in [7, 11) is 0. The molecule has 20 heavy (non-hydrogen) atoms. The summed E-state index contributed by atoms with van der Waals surface area (Å²) in [5.74, 6) is 0.0117. The average Bonchev–Trinajstić information content (AvgIpc) is 2.85. The molecule has 0 aromatic carbocycles. The molecule has 0 spiro atoms. The Morgan fingerprint density at radius 1 is 1.35 bits per heavy atom. The van der Waals surface area contributed by atoms with Gasteiger partial charge in [0.05, 0.1) is 0 Å². The predicted molar refractivity (Wildman–Crippen MR) is 76.1 cm³/mol. The molecule has 0 aliphatic rings. The van der Waals surface area contributed by atoms with E-state index < -0.39 is 5.91 Å².